The largest absolute Gasteiger partial charge is 0.490 e. The molecule has 7 nitrogen and oxygen atoms in total. The fourth-order valence-corrected chi connectivity index (χ4v) is 4.21. The lowest BCUT2D eigenvalue weighted by Crippen LogP contribution is -2.41. The second-order valence-corrected chi connectivity index (χ2v) is 8.24. The van der Waals surface area contributed by atoms with E-state index in [1.807, 2.05) is 43.4 Å². The van der Waals surface area contributed by atoms with Gasteiger partial charge in [-0.25, -0.2) is 4.98 Å². The van der Waals surface area contributed by atoms with Crippen LogP contribution in [0.3, 0.4) is 0 Å². The molecule has 1 N–H and O–H groups in total. The summed E-state index contributed by atoms with van der Waals surface area (Å²) < 4.78 is 17.6. The molecule has 0 aliphatic carbocycles. The van der Waals surface area contributed by atoms with E-state index in [1.165, 1.54) is 0 Å². The summed E-state index contributed by atoms with van der Waals surface area (Å²) >= 11 is 0. The van der Waals surface area contributed by atoms with Gasteiger partial charge in [-0.3, -0.25) is 4.99 Å². The van der Waals surface area contributed by atoms with Crippen LogP contribution in [0.2, 0.25) is 0 Å². The number of benzene rings is 1. The first-order valence-electron chi connectivity index (χ1n) is 11.1. The Labute approximate surface area is 184 Å². The summed E-state index contributed by atoms with van der Waals surface area (Å²) in [5, 5.41) is 3.49. The highest BCUT2D eigenvalue weighted by molar-refractivity contribution is 5.80. The van der Waals surface area contributed by atoms with E-state index in [1.54, 1.807) is 6.20 Å². The number of ether oxygens (including phenoxy) is 3. The van der Waals surface area contributed by atoms with Crippen molar-refractivity contribution in [3.63, 3.8) is 0 Å². The number of nitrogens with one attached hydrogen (secondary N) is 1. The van der Waals surface area contributed by atoms with E-state index in [4.69, 9.17) is 14.2 Å². The molecule has 31 heavy (non-hydrogen) atoms. The van der Waals surface area contributed by atoms with E-state index >= 15 is 0 Å². The molecule has 2 saturated heterocycles. The van der Waals surface area contributed by atoms with Gasteiger partial charge in [0.1, 0.15) is 0 Å². The molecule has 0 saturated carbocycles. The van der Waals surface area contributed by atoms with Crippen LogP contribution < -0.4 is 14.8 Å². The molecule has 2 aromatic rings. The Balaban J connectivity index is 1.42. The van der Waals surface area contributed by atoms with Gasteiger partial charge in [-0.1, -0.05) is 25.1 Å². The zero-order valence-electron chi connectivity index (χ0n) is 18.5. The number of aliphatic imine (C=N–C) groups is 1. The first-order chi connectivity index (χ1) is 15.2. The summed E-state index contributed by atoms with van der Waals surface area (Å²) in [7, 11) is 1.83. The minimum absolute atomic E-state index is 0.294. The summed E-state index contributed by atoms with van der Waals surface area (Å²) in [6.45, 7) is 7.04. The van der Waals surface area contributed by atoms with Crippen LogP contribution in [-0.4, -0.2) is 55.8 Å². The molecular weight excluding hydrogens is 392 g/mol. The van der Waals surface area contributed by atoms with Crippen molar-refractivity contribution in [3.05, 3.63) is 48.2 Å². The number of guanidine groups is 1. The van der Waals surface area contributed by atoms with Gasteiger partial charge >= 0.3 is 0 Å². The van der Waals surface area contributed by atoms with E-state index in [0.29, 0.717) is 30.2 Å². The predicted octanol–water partition coefficient (Wildman–Crippen LogP) is 3.85. The van der Waals surface area contributed by atoms with Crippen molar-refractivity contribution in [1.82, 2.24) is 15.2 Å². The normalized spacial score (nSPS) is 21.0. The summed E-state index contributed by atoms with van der Waals surface area (Å²) in [5.74, 6) is 2.87. The van der Waals surface area contributed by atoms with Crippen LogP contribution in [0.5, 0.6) is 17.4 Å². The van der Waals surface area contributed by atoms with E-state index in [9.17, 15) is 0 Å². The zero-order chi connectivity index (χ0) is 21.5. The Morgan fingerprint density at radius 1 is 1.23 bits per heavy atom. The first kappa shape index (κ1) is 21.4. The van der Waals surface area contributed by atoms with Gasteiger partial charge in [0.05, 0.1) is 13.2 Å². The third-order valence-corrected chi connectivity index (χ3v) is 5.94. The maximum Gasteiger partial charge on any atom is 0.224 e. The van der Waals surface area contributed by atoms with Crippen molar-refractivity contribution < 1.29 is 14.2 Å². The summed E-state index contributed by atoms with van der Waals surface area (Å²) in [6.07, 6.45) is 4.98. The second-order valence-electron chi connectivity index (χ2n) is 8.24. The van der Waals surface area contributed by atoms with Crippen molar-refractivity contribution >= 4 is 5.96 Å². The number of pyridine rings is 1. The minimum Gasteiger partial charge on any atom is -0.490 e. The highest BCUT2D eigenvalue weighted by Crippen LogP contribution is 2.38. The van der Waals surface area contributed by atoms with E-state index in [2.05, 4.69) is 27.1 Å². The fraction of sp³-hybridized carbons (Fsp3) is 0.500. The Bertz CT molecular complexity index is 896. The molecule has 2 aliphatic heterocycles. The molecule has 7 heteroatoms. The minimum atomic E-state index is 0.294. The molecule has 1 unspecified atom stereocenters. The summed E-state index contributed by atoms with van der Waals surface area (Å²) in [4.78, 5) is 11.3. The summed E-state index contributed by atoms with van der Waals surface area (Å²) in [5.41, 5.74) is 1.26. The van der Waals surface area contributed by atoms with Crippen LogP contribution in [0.1, 0.15) is 31.7 Å². The van der Waals surface area contributed by atoms with Crippen molar-refractivity contribution in [3.8, 4) is 17.4 Å². The van der Waals surface area contributed by atoms with Crippen LogP contribution in [0.25, 0.3) is 0 Å². The van der Waals surface area contributed by atoms with Gasteiger partial charge in [-0.2, -0.15) is 0 Å². The Hall–Kier alpha value is -2.80. The van der Waals surface area contributed by atoms with Gasteiger partial charge in [0.15, 0.2) is 17.5 Å². The third-order valence-electron chi connectivity index (χ3n) is 5.94. The maximum atomic E-state index is 6.16. The van der Waals surface area contributed by atoms with Gasteiger partial charge in [0.25, 0.3) is 0 Å². The second kappa shape index (κ2) is 10.0. The number of nitrogens with zero attached hydrogens (tertiary/aromatic N) is 3. The Morgan fingerprint density at radius 2 is 2.10 bits per heavy atom. The number of para-hydroxylation sites is 2. The van der Waals surface area contributed by atoms with Crippen molar-refractivity contribution in [2.24, 2.45) is 10.4 Å². The summed E-state index contributed by atoms with van der Waals surface area (Å²) in [6, 6.07) is 11.7. The van der Waals surface area contributed by atoms with Crippen LogP contribution in [0.15, 0.2) is 47.6 Å². The quantitative estimate of drug-likeness (QED) is 0.538. The number of aromatic nitrogens is 1. The highest BCUT2D eigenvalue weighted by atomic mass is 16.5. The molecule has 0 bridgehead atoms. The van der Waals surface area contributed by atoms with E-state index in [0.717, 1.165) is 62.8 Å². The van der Waals surface area contributed by atoms with Gasteiger partial charge in [-0.15, -0.1) is 0 Å². The van der Waals surface area contributed by atoms with E-state index in [-0.39, 0.29) is 0 Å². The van der Waals surface area contributed by atoms with Crippen LogP contribution in [0, 0.1) is 5.41 Å². The van der Waals surface area contributed by atoms with Crippen molar-refractivity contribution in [2.45, 2.75) is 32.7 Å². The molecule has 2 fully saturated rings. The molecule has 1 spiro atoms. The number of hydrogen-bond acceptors (Lipinski definition) is 5. The lowest BCUT2D eigenvalue weighted by molar-refractivity contribution is 0.156. The highest BCUT2D eigenvalue weighted by Gasteiger charge is 2.42. The van der Waals surface area contributed by atoms with Crippen LogP contribution in [0.4, 0.5) is 0 Å². The lowest BCUT2D eigenvalue weighted by atomic mass is 9.87. The monoisotopic (exact) mass is 424 g/mol. The van der Waals surface area contributed by atoms with Crippen LogP contribution in [-0.2, 0) is 11.3 Å². The van der Waals surface area contributed by atoms with Crippen LogP contribution >= 0.6 is 0 Å². The first-order valence-corrected chi connectivity index (χ1v) is 11.1. The zero-order valence-corrected chi connectivity index (χ0v) is 18.5. The maximum absolute atomic E-state index is 6.16. The molecule has 3 heterocycles. The molecular formula is C24H32N4O3. The van der Waals surface area contributed by atoms with Gasteiger partial charge < -0.3 is 24.4 Å². The molecule has 1 atom stereocenters. The number of rotatable bonds is 7. The van der Waals surface area contributed by atoms with Gasteiger partial charge in [0, 0.05) is 50.5 Å². The Kier molecular flexibility index (Phi) is 6.92. The molecule has 4 rings (SSSR count). The smallest absolute Gasteiger partial charge is 0.224 e. The SMILES string of the molecule is CCCOc1ccccc1Oc1ncccc1CNC(=NC)N1CCC2(CCOC2)C1. The molecule has 1 aromatic heterocycles. The molecule has 0 amide bonds. The molecule has 1 aromatic carbocycles. The molecule has 2 aliphatic rings. The molecule has 0 radical (unpaired) electrons. The fourth-order valence-electron chi connectivity index (χ4n) is 4.21. The topological polar surface area (TPSA) is 68.2 Å². The van der Waals surface area contributed by atoms with Crippen molar-refractivity contribution in [1.29, 1.82) is 0 Å². The predicted molar refractivity (Wildman–Crippen MR) is 121 cm³/mol. The standard InChI is InChI=1S/C24H32N4O3/c1-3-14-30-20-8-4-5-9-21(20)31-22-19(7-6-12-26-22)16-27-23(25-2)28-13-10-24(17-28)11-15-29-18-24/h4-9,12H,3,10-11,13-18H2,1-2H3,(H,25,27). The average Bonchev–Trinajstić information content (AvgIpc) is 3.44. The van der Waals surface area contributed by atoms with E-state index < -0.39 is 0 Å². The van der Waals surface area contributed by atoms with Gasteiger partial charge in [-0.05, 0) is 37.5 Å². The molecule has 166 valence electrons. The third kappa shape index (κ3) is 5.10. The number of likely N-dealkylation sites (tertiary alicyclic amines) is 1. The van der Waals surface area contributed by atoms with Crippen molar-refractivity contribution in [2.75, 3.05) is 40.0 Å². The Morgan fingerprint density at radius 3 is 2.87 bits per heavy atom. The van der Waals surface area contributed by atoms with Gasteiger partial charge in [0.2, 0.25) is 5.88 Å². The number of hydrogen-bond donors (Lipinski definition) is 1. The average molecular weight is 425 g/mol. The lowest BCUT2D eigenvalue weighted by Gasteiger charge is -2.25.